The fourth-order valence-electron chi connectivity index (χ4n) is 1.52. The van der Waals surface area contributed by atoms with E-state index in [0.717, 1.165) is 31.6 Å². The molecule has 1 aromatic rings. The van der Waals surface area contributed by atoms with Crippen LogP contribution in [0.4, 0.5) is 4.39 Å². The maximum Gasteiger partial charge on any atom is 0.0503 e. The summed E-state index contributed by atoms with van der Waals surface area (Å²) in [4.78, 5) is 0. The zero-order valence-electron chi connectivity index (χ0n) is 8.50. The quantitative estimate of drug-likeness (QED) is 0.719. The van der Waals surface area contributed by atoms with Crippen molar-refractivity contribution in [3.8, 4) is 0 Å². The largest absolute Gasteiger partial charge is 0.381 e. The standard InChI is InChI=1S/C12H12FO.Y/c13-12-3-1-10(2-4-12)9-11-5-7-14-8-6-11;/h1-3,9H,5-8H2;/q-1;. The van der Waals surface area contributed by atoms with E-state index in [0.29, 0.717) is 0 Å². The molecule has 1 aromatic carbocycles. The summed E-state index contributed by atoms with van der Waals surface area (Å²) in [6.45, 7) is 1.60. The molecule has 0 amide bonds. The van der Waals surface area contributed by atoms with Crippen molar-refractivity contribution in [1.29, 1.82) is 0 Å². The summed E-state index contributed by atoms with van der Waals surface area (Å²) in [6, 6.07) is 7.43. The minimum Gasteiger partial charge on any atom is -0.381 e. The molecule has 15 heavy (non-hydrogen) atoms. The number of hydrogen-bond acceptors (Lipinski definition) is 1. The zero-order chi connectivity index (χ0) is 9.80. The summed E-state index contributed by atoms with van der Waals surface area (Å²) in [5.41, 5.74) is 2.39. The summed E-state index contributed by atoms with van der Waals surface area (Å²) in [6.07, 6.45) is 4.06. The zero-order valence-corrected chi connectivity index (χ0v) is 11.3. The van der Waals surface area contributed by atoms with Crippen LogP contribution in [-0.4, -0.2) is 13.2 Å². The van der Waals surface area contributed by atoms with Gasteiger partial charge < -0.3 is 4.74 Å². The van der Waals surface area contributed by atoms with Crippen LogP contribution < -0.4 is 0 Å². The predicted octanol–water partition coefficient (Wildman–Crippen LogP) is 2.82. The Hall–Kier alpha value is -0.0461. The van der Waals surface area contributed by atoms with Gasteiger partial charge in [-0.2, -0.15) is 12.1 Å². The number of ether oxygens (including phenoxy) is 1. The molecule has 1 nitrogen and oxygen atoms in total. The topological polar surface area (TPSA) is 9.23 Å². The van der Waals surface area contributed by atoms with E-state index in [2.05, 4.69) is 12.1 Å². The van der Waals surface area contributed by atoms with Crippen LogP contribution in [0.5, 0.6) is 0 Å². The fraction of sp³-hybridized carbons (Fsp3) is 0.333. The Bertz CT molecular complexity index is 324. The number of rotatable bonds is 1. The Morgan fingerprint density at radius 2 is 2.00 bits per heavy atom. The van der Waals surface area contributed by atoms with Crippen molar-refractivity contribution in [2.24, 2.45) is 0 Å². The average Bonchev–Trinajstić information content (AvgIpc) is 2.23. The summed E-state index contributed by atoms with van der Waals surface area (Å²) in [5, 5.41) is 0. The van der Waals surface area contributed by atoms with Crippen LogP contribution in [0.15, 0.2) is 23.8 Å². The minimum absolute atomic E-state index is 0. The fourth-order valence-corrected chi connectivity index (χ4v) is 1.52. The van der Waals surface area contributed by atoms with E-state index in [9.17, 15) is 4.39 Å². The van der Waals surface area contributed by atoms with E-state index in [1.165, 1.54) is 11.6 Å². The van der Waals surface area contributed by atoms with Gasteiger partial charge in [-0.3, -0.25) is 0 Å². The Morgan fingerprint density at radius 3 is 2.60 bits per heavy atom. The maximum absolute atomic E-state index is 12.6. The number of halogens is 1. The first-order valence-electron chi connectivity index (χ1n) is 4.79. The molecular formula is C12H12FOY-. The molecule has 3 heteroatoms. The number of benzene rings is 1. The Morgan fingerprint density at radius 1 is 1.27 bits per heavy atom. The van der Waals surface area contributed by atoms with Crippen molar-refractivity contribution < 1.29 is 41.8 Å². The van der Waals surface area contributed by atoms with E-state index in [-0.39, 0.29) is 38.5 Å². The summed E-state index contributed by atoms with van der Waals surface area (Å²) in [5.74, 6) is -0.306. The Kier molecular flexibility index (Phi) is 5.66. The molecule has 0 aliphatic carbocycles. The summed E-state index contributed by atoms with van der Waals surface area (Å²) >= 11 is 0. The van der Waals surface area contributed by atoms with E-state index in [1.54, 1.807) is 12.1 Å². The van der Waals surface area contributed by atoms with Crippen LogP contribution in [0.25, 0.3) is 6.08 Å². The van der Waals surface area contributed by atoms with E-state index in [1.807, 2.05) is 0 Å². The molecule has 0 bridgehead atoms. The molecule has 1 fully saturated rings. The van der Waals surface area contributed by atoms with Crippen LogP contribution in [-0.2, 0) is 37.4 Å². The second kappa shape index (κ2) is 6.52. The van der Waals surface area contributed by atoms with Crippen LogP contribution in [0.1, 0.15) is 18.4 Å². The van der Waals surface area contributed by atoms with E-state index in [4.69, 9.17) is 4.74 Å². The predicted molar refractivity (Wildman–Crippen MR) is 53.3 cm³/mol. The van der Waals surface area contributed by atoms with Crippen molar-refractivity contribution >= 4 is 6.08 Å². The molecule has 2 rings (SSSR count). The third-order valence-electron chi connectivity index (χ3n) is 2.30. The van der Waals surface area contributed by atoms with Gasteiger partial charge in [0, 0.05) is 38.5 Å². The van der Waals surface area contributed by atoms with Crippen molar-refractivity contribution in [2.75, 3.05) is 13.2 Å². The molecule has 1 aliphatic rings. The first-order chi connectivity index (χ1) is 6.84. The van der Waals surface area contributed by atoms with Crippen LogP contribution >= 0.6 is 0 Å². The molecule has 1 radical (unpaired) electrons. The van der Waals surface area contributed by atoms with Gasteiger partial charge in [-0.15, -0.1) is 23.8 Å². The van der Waals surface area contributed by atoms with Gasteiger partial charge in [-0.1, -0.05) is 5.57 Å². The molecular weight excluding hydrogens is 268 g/mol. The molecule has 1 heterocycles. The monoisotopic (exact) mass is 280 g/mol. The van der Waals surface area contributed by atoms with Crippen molar-refractivity contribution in [1.82, 2.24) is 0 Å². The first kappa shape index (κ1) is 13.0. The normalized spacial score (nSPS) is 15.7. The molecule has 0 spiro atoms. The summed E-state index contributed by atoms with van der Waals surface area (Å²) < 4.78 is 17.8. The second-order valence-corrected chi connectivity index (χ2v) is 3.38. The molecule has 1 aliphatic heterocycles. The number of hydrogen-bond donors (Lipinski definition) is 0. The van der Waals surface area contributed by atoms with Gasteiger partial charge in [-0.05, 0) is 12.8 Å². The first-order valence-corrected chi connectivity index (χ1v) is 4.79. The maximum atomic E-state index is 12.6. The average molecular weight is 280 g/mol. The van der Waals surface area contributed by atoms with Gasteiger partial charge in [0.05, 0.1) is 13.2 Å². The van der Waals surface area contributed by atoms with Crippen molar-refractivity contribution in [2.45, 2.75) is 12.8 Å². The van der Waals surface area contributed by atoms with Crippen LogP contribution in [0.2, 0.25) is 0 Å². The van der Waals surface area contributed by atoms with E-state index >= 15 is 0 Å². The second-order valence-electron chi connectivity index (χ2n) is 3.38. The summed E-state index contributed by atoms with van der Waals surface area (Å²) in [7, 11) is 0. The van der Waals surface area contributed by atoms with Gasteiger partial charge in [-0.25, -0.2) is 4.39 Å². The van der Waals surface area contributed by atoms with Gasteiger partial charge in [0.25, 0.3) is 0 Å². The van der Waals surface area contributed by atoms with Gasteiger partial charge in [0.1, 0.15) is 0 Å². The van der Waals surface area contributed by atoms with Gasteiger partial charge >= 0.3 is 0 Å². The molecule has 0 saturated carbocycles. The third-order valence-corrected chi connectivity index (χ3v) is 2.30. The van der Waals surface area contributed by atoms with Gasteiger partial charge in [0.2, 0.25) is 0 Å². The molecule has 0 aromatic heterocycles. The van der Waals surface area contributed by atoms with Crippen molar-refractivity contribution in [3.63, 3.8) is 0 Å². The SMILES string of the molecule is Fc1[c-]cc(C=C2CCOCC2)cc1.[Y]. The molecule has 77 valence electrons. The third kappa shape index (κ3) is 4.14. The molecule has 1 saturated heterocycles. The smallest absolute Gasteiger partial charge is 0.0503 e. The Balaban J connectivity index is 0.00000112. The molecule has 0 atom stereocenters. The van der Waals surface area contributed by atoms with Gasteiger partial charge in [0.15, 0.2) is 0 Å². The molecule has 0 N–H and O–H groups in total. The van der Waals surface area contributed by atoms with Crippen molar-refractivity contribution in [3.05, 3.63) is 41.2 Å². The minimum atomic E-state index is -0.306. The molecule has 0 unspecified atom stereocenters. The van der Waals surface area contributed by atoms with Crippen LogP contribution in [0.3, 0.4) is 0 Å². The van der Waals surface area contributed by atoms with Crippen LogP contribution in [0, 0.1) is 11.9 Å². The Labute approximate surface area is 115 Å². The van der Waals surface area contributed by atoms with E-state index < -0.39 is 0 Å².